The van der Waals surface area contributed by atoms with Gasteiger partial charge in [-0.2, -0.15) is 0 Å². The van der Waals surface area contributed by atoms with Gasteiger partial charge in [0.15, 0.2) is 0 Å². The van der Waals surface area contributed by atoms with Crippen LogP contribution in [0.2, 0.25) is 5.02 Å². The Morgan fingerprint density at radius 1 is 1.50 bits per heavy atom. The van der Waals surface area contributed by atoms with Crippen molar-refractivity contribution in [2.75, 3.05) is 6.54 Å². The summed E-state index contributed by atoms with van der Waals surface area (Å²) < 4.78 is 2.90. The molecule has 0 aliphatic carbocycles. The number of aromatic nitrogens is 1. The first-order chi connectivity index (χ1) is 6.72. The van der Waals surface area contributed by atoms with Crippen LogP contribution in [0.15, 0.2) is 23.0 Å². The molecule has 3 nitrogen and oxygen atoms in total. The van der Waals surface area contributed by atoms with E-state index in [2.05, 4.69) is 0 Å². The van der Waals surface area contributed by atoms with Gasteiger partial charge < -0.3 is 0 Å². The Morgan fingerprint density at radius 3 is 3.00 bits per heavy atom. The molecule has 2 rings (SSSR count). The molecule has 74 valence electrons. The van der Waals surface area contributed by atoms with Gasteiger partial charge >= 0.3 is 91.9 Å². The fourth-order valence-electron chi connectivity index (χ4n) is 1.31. The van der Waals surface area contributed by atoms with Gasteiger partial charge in [-0.05, 0) is 0 Å². The summed E-state index contributed by atoms with van der Waals surface area (Å²) in [4.78, 5) is 11.8. The molecule has 0 radical (unpaired) electrons. The minimum absolute atomic E-state index is 0.0629. The fraction of sp³-hybridized carbons (Fsp3) is 0.222. The van der Waals surface area contributed by atoms with Crippen LogP contribution in [0.5, 0.6) is 0 Å². The third-order valence-corrected chi connectivity index (χ3v) is 4.53. The summed E-state index contributed by atoms with van der Waals surface area (Å²) >= 11 is 5.90. The Bertz CT molecular complexity index is 517. The average Bonchev–Trinajstić information content (AvgIpc) is 2.46. The van der Waals surface area contributed by atoms with Crippen LogP contribution >= 0.6 is 11.6 Å². The monoisotopic (exact) mass is 276 g/mol. The Labute approximate surface area is 92.1 Å². The number of fused-ring (bicyclic) bond motifs is 1. The topological polar surface area (TPSA) is 48.0 Å². The summed E-state index contributed by atoms with van der Waals surface area (Å²) in [6, 6.07) is 5.48. The normalized spacial score (nSPS) is 11.0. The second kappa shape index (κ2) is 3.91. The number of rotatable bonds is 2. The number of benzene rings is 1. The summed E-state index contributed by atoms with van der Waals surface area (Å²) in [6.45, 7) is 1.14. The van der Waals surface area contributed by atoms with E-state index < -0.39 is 0 Å². The number of hydrogen-bond donors (Lipinski definition) is 1. The van der Waals surface area contributed by atoms with E-state index in [1.165, 1.54) is 0 Å². The second-order valence-corrected chi connectivity index (χ2v) is 5.59. The van der Waals surface area contributed by atoms with Gasteiger partial charge in [0.25, 0.3) is 0 Å². The Hall–Kier alpha value is -0.541. The van der Waals surface area contributed by atoms with Crippen LogP contribution in [0.4, 0.5) is 0 Å². The molecule has 2 aromatic rings. The van der Waals surface area contributed by atoms with Crippen molar-refractivity contribution in [2.24, 2.45) is 5.73 Å². The van der Waals surface area contributed by atoms with Crippen molar-refractivity contribution in [3.05, 3.63) is 33.6 Å². The Balaban J connectivity index is 2.68. The van der Waals surface area contributed by atoms with Crippen LogP contribution in [0.1, 0.15) is 0 Å². The standard InChI is InChI=1S/C9H9ClN2OSe/c10-6-1-2-8-7(5-6)9(13)12(14-8)4-3-11/h1-2,5H,3-4,11H2. The van der Waals surface area contributed by atoms with Gasteiger partial charge in [0.05, 0.1) is 0 Å². The van der Waals surface area contributed by atoms with Crippen LogP contribution in [0.25, 0.3) is 9.65 Å². The predicted octanol–water partition coefficient (Wildman–Crippen LogP) is 0.671. The van der Waals surface area contributed by atoms with E-state index in [9.17, 15) is 4.79 Å². The predicted molar refractivity (Wildman–Crippen MR) is 59.2 cm³/mol. The Kier molecular flexibility index (Phi) is 2.79. The molecule has 1 aromatic carbocycles. The molecular weight excluding hydrogens is 267 g/mol. The minimum atomic E-state index is 0.0629. The number of nitrogens with two attached hydrogens (primary N) is 1. The van der Waals surface area contributed by atoms with Crippen LogP contribution in [0.3, 0.4) is 0 Å². The zero-order valence-electron chi connectivity index (χ0n) is 7.37. The summed E-state index contributed by atoms with van der Waals surface area (Å²) in [5.74, 6) is 0. The van der Waals surface area contributed by atoms with Crippen LogP contribution in [-0.4, -0.2) is 24.8 Å². The molecule has 0 atom stereocenters. The third kappa shape index (κ3) is 1.66. The van der Waals surface area contributed by atoms with Gasteiger partial charge in [-0.1, -0.05) is 0 Å². The SMILES string of the molecule is NCCn1[se]c2ccc(Cl)cc2c1=O. The van der Waals surface area contributed by atoms with Crippen LogP contribution in [-0.2, 0) is 6.54 Å². The van der Waals surface area contributed by atoms with E-state index in [1.807, 2.05) is 12.1 Å². The van der Waals surface area contributed by atoms with E-state index in [-0.39, 0.29) is 20.3 Å². The molecule has 0 fully saturated rings. The molecule has 0 bridgehead atoms. The van der Waals surface area contributed by atoms with Crippen molar-refractivity contribution in [3.63, 3.8) is 0 Å². The molecule has 0 aliphatic heterocycles. The second-order valence-electron chi connectivity index (χ2n) is 2.93. The summed E-state index contributed by atoms with van der Waals surface area (Å²) in [6.07, 6.45) is 0. The number of hydrogen-bond acceptors (Lipinski definition) is 2. The first-order valence-electron chi connectivity index (χ1n) is 4.22. The van der Waals surface area contributed by atoms with E-state index in [0.717, 1.165) is 9.65 Å². The van der Waals surface area contributed by atoms with E-state index >= 15 is 0 Å². The van der Waals surface area contributed by atoms with Gasteiger partial charge in [0.1, 0.15) is 0 Å². The zero-order valence-corrected chi connectivity index (χ0v) is 9.83. The molecule has 1 heterocycles. The average molecular weight is 276 g/mol. The van der Waals surface area contributed by atoms with Gasteiger partial charge in [0.2, 0.25) is 0 Å². The molecule has 2 N–H and O–H groups in total. The van der Waals surface area contributed by atoms with Gasteiger partial charge in [-0.3, -0.25) is 0 Å². The van der Waals surface area contributed by atoms with E-state index in [1.54, 1.807) is 9.63 Å². The molecular formula is C9H9ClN2OSe. The summed E-state index contributed by atoms with van der Waals surface area (Å²) in [5.41, 5.74) is 5.49. The molecule has 14 heavy (non-hydrogen) atoms. The summed E-state index contributed by atoms with van der Waals surface area (Å²) in [7, 11) is 0. The van der Waals surface area contributed by atoms with Crippen LogP contribution in [0, 0.1) is 0 Å². The van der Waals surface area contributed by atoms with E-state index in [0.29, 0.717) is 18.1 Å². The maximum atomic E-state index is 11.8. The molecule has 0 saturated carbocycles. The van der Waals surface area contributed by atoms with Crippen molar-refractivity contribution < 1.29 is 0 Å². The van der Waals surface area contributed by atoms with Crippen LogP contribution < -0.4 is 11.3 Å². The third-order valence-electron chi connectivity index (χ3n) is 1.94. The zero-order chi connectivity index (χ0) is 10.1. The quantitative estimate of drug-likeness (QED) is 0.819. The van der Waals surface area contributed by atoms with Crippen molar-refractivity contribution in [3.8, 4) is 0 Å². The van der Waals surface area contributed by atoms with Gasteiger partial charge in [-0.25, -0.2) is 0 Å². The molecule has 0 spiro atoms. The maximum absolute atomic E-state index is 11.8. The van der Waals surface area contributed by atoms with Crippen molar-refractivity contribution in [2.45, 2.75) is 6.54 Å². The first-order valence-corrected chi connectivity index (χ1v) is 6.22. The number of halogens is 1. The van der Waals surface area contributed by atoms with Crippen molar-refractivity contribution in [1.29, 1.82) is 0 Å². The van der Waals surface area contributed by atoms with E-state index in [4.69, 9.17) is 17.3 Å². The van der Waals surface area contributed by atoms with Crippen molar-refractivity contribution >= 4 is 36.0 Å². The first kappa shape index (κ1) is 9.99. The fourth-order valence-corrected chi connectivity index (χ4v) is 3.55. The molecule has 0 aliphatic rings. The molecule has 0 amide bonds. The van der Waals surface area contributed by atoms with Crippen molar-refractivity contribution in [1.82, 2.24) is 3.56 Å². The molecule has 0 unspecified atom stereocenters. The molecule has 0 saturated heterocycles. The number of nitrogens with zero attached hydrogens (tertiary/aromatic N) is 1. The molecule has 5 heteroatoms. The van der Waals surface area contributed by atoms with Gasteiger partial charge in [-0.15, -0.1) is 0 Å². The summed E-state index contributed by atoms with van der Waals surface area (Å²) in [5, 5.41) is 1.36. The molecule has 1 aromatic heterocycles. The Morgan fingerprint density at radius 2 is 2.29 bits per heavy atom. The van der Waals surface area contributed by atoms with Gasteiger partial charge in [0, 0.05) is 0 Å².